The highest BCUT2D eigenvalue weighted by Gasteiger charge is 2.29. The molecule has 1 N–H and O–H groups in total. The Morgan fingerprint density at radius 2 is 2.00 bits per heavy atom. The molecule has 0 saturated heterocycles. The minimum absolute atomic E-state index is 0.0126. The number of halogens is 2. The van der Waals surface area contributed by atoms with Crippen LogP contribution in [0, 0.1) is 5.82 Å². The van der Waals surface area contributed by atoms with Gasteiger partial charge in [-0.25, -0.2) is 9.18 Å². The summed E-state index contributed by atoms with van der Waals surface area (Å²) in [5.41, 5.74) is 0.218. The summed E-state index contributed by atoms with van der Waals surface area (Å²) in [6, 6.07) is 10.4. The van der Waals surface area contributed by atoms with Crippen molar-refractivity contribution in [1.29, 1.82) is 0 Å². The van der Waals surface area contributed by atoms with Gasteiger partial charge in [0.25, 0.3) is 5.91 Å². The molecule has 2 aromatic carbocycles. The monoisotopic (exact) mass is 365 g/mol. The molecule has 1 heterocycles. The molecule has 1 aliphatic heterocycles. The molecule has 25 heavy (non-hydrogen) atoms. The molecule has 0 aliphatic carbocycles. The van der Waals surface area contributed by atoms with Crippen LogP contribution >= 0.6 is 11.6 Å². The van der Waals surface area contributed by atoms with Crippen molar-refractivity contribution >= 4 is 29.2 Å². The fourth-order valence-electron chi connectivity index (χ4n) is 2.14. The van der Waals surface area contributed by atoms with Crippen LogP contribution in [0.1, 0.15) is 0 Å². The first-order valence-electron chi connectivity index (χ1n) is 7.33. The Kier molecular flexibility index (Phi) is 5.04. The minimum Gasteiger partial charge on any atom is -0.485 e. The smallest absolute Gasteiger partial charge is 0.351 e. The summed E-state index contributed by atoms with van der Waals surface area (Å²) in [6.07, 6.45) is -0.961. The summed E-state index contributed by atoms with van der Waals surface area (Å²) >= 11 is 5.81. The maximum Gasteiger partial charge on any atom is 0.351 e. The SMILES string of the molecule is O=C(COC(=O)C1COc2ccccc2O1)Nc1ccc(F)cc1Cl. The van der Waals surface area contributed by atoms with Gasteiger partial charge in [-0.15, -0.1) is 0 Å². The topological polar surface area (TPSA) is 73.9 Å². The van der Waals surface area contributed by atoms with Crippen LogP contribution in [0.4, 0.5) is 10.1 Å². The lowest BCUT2D eigenvalue weighted by Crippen LogP contribution is -2.39. The Hall–Kier alpha value is -2.80. The number of carbonyl (C=O) groups is 2. The molecule has 0 fully saturated rings. The highest BCUT2D eigenvalue weighted by atomic mass is 35.5. The van der Waals surface area contributed by atoms with Crippen molar-refractivity contribution in [2.24, 2.45) is 0 Å². The summed E-state index contributed by atoms with van der Waals surface area (Å²) in [5.74, 6) is -0.897. The van der Waals surface area contributed by atoms with E-state index in [1.54, 1.807) is 24.3 Å². The number of hydrogen-bond acceptors (Lipinski definition) is 5. The highest BCUT2D eigenvalue weighted by Crippen LogP contribution is 2.31. The lowest BCUT2D eigenvalue weighted by atomic mass is 10.2. The van der Waals surface area contributed by atoms with E-state index in [9.17, 15) is 14.0 Å². The molecule has 0 radical (unpaired) electrons. The van der Waals surface area contributed by atoms with E-state index in [2.05, 4.69) is 5.32 Å². The van der Waals surface area contributed by atoms with Gasteiger partial charge in [0, 0.05) is 0 Å². The van der Waals surface area contributed by atoms with Crippen molar-refractivity contribution in [1.82, 2.24) is 0 Å². The molecule has 1 amide bonds. The lowest BCUT2D eigenvalue weighted by molar-refractivity contribution is -0.156. The Balaban J connectivity index is 1.51. The number of fused-ring (bicyclic) bond motifs is 1. The predicted octanol–water partition coefficient (Wildman–Crippen LogP) is 2.80. The van der Waals surface area contributed by atoms with E-state index in [-0.39, 0.29) is 17.3 Å². The minimum atomic E-state index is -0.961. The van der Waals surface area contributed by atoms with Gasteiger partial charge >= 0.3 is 5.97 Å². The summed E-state index contributed by atoms with van der Waals surface area (Å²) in [6.45, 7) is -0.546. The van der Waals surface area contributed by atoms with Gasteiger partial charge in [0.1, 0.15) is 12.4 Å². The first-order chi connectivity index (χ1) is 12.0. The van der Waals surface area contributed by atoms with Gasteiger partial charge in [-0.2, -0.15) is 0 Å². The van der Waals surface area contributed by atoms with E-state index < -0.39 is 30.4 Å². The van der Waals surface area contributed by atoms with Crippen molar-refractivity contribution in [2.75, 3.05) is 18.5 Å². The van der Waals surface area contributed by atoms with E-state index in [0.29, 0.717) is 11.5 Å². The molecule has 2 aromatic rings. The summed E-state index contributed by atoms with van der Waals surface area (Å²) < 4.78 is 28.8. The zero-order valence-corrected chi connectivity index (χ0v) is 13.6. The quantitative estimate of drug-likeness (QED) is 0.843. The average Bonchev–Trinajstić information content (AvgIpc) is 2.61. The first kappa shape index (κ1) is 17.0. The number of benzene rings is 2. The van der Waals surface area contributed by atoms with Crippen LogP contribution in [0.15, 0.2) is 42.5 Å². The number of ether oxygens (including phenoxy) is 3. The van der Waals surface area contributed by atoms with Gasteiger partial charge in [-0.05, 0) is 30.3 Å². The Morgan fingerprint density at radius 3 is 2.76 bits per heavy atom. The molecule has 3 rings (SSSR count). The fourth-order valence-corrected chi connectivity index (χ4v) is 2.36. The predicted molar refractivity (Wildman–Crippen MR) is 87.4 cm³/mol. The second-order valence-electron chi connectivity index (χ2n) is 5.14. The summed E-state index contributed by atoms with van der Waals surface area (Å²) in [5, 5.41) is 2.47. The molecular formula is C17H13ClFNO5. The Bertz CT molecular complexity index is 813. The maximum absolute atomic E-state index is 13.0. The summed E-state index contributed by atoms with van der Waals surface area (Å²) in [7, 11) is 0. The van der Waals surface area contributed by atoms with Crippen molar-refractivity contribution in [3.8, 4) is 11.5 Å². The van der Waals surface area contributed by atoms with E-state index >= 15 is 0 Å². The molecule has 130 valence electrons. The van der Waals surface area contributed by atoms with E-state index in [4.69, 9.17) is 25.8 Å². The number of nitrogens with one attached hydrogen (secondary N) is 1. The zero-order chi connectivity index (χ0) is 17.8. The van der Waals surface area contributed by atoms with E-state index in [1.165, 1.54) is 6.07 Å². The molecule has 1 atom stereocenters. The molecule has 0 bridgehead atoms. The molecule has 6 nitrogen and oxygen atoms in total. The average molecular weight is 366 g/mol. The number of rotatable bonds is 4. The van der Waals surface area contributed by atoms with Crippen molar-refractivity contribution < 1.29 is 28.2 Å². The number of hydrogen-bond donors (Lipinski definition) is 1. The first-order valence-corrected chi connectivity index (χ1v) is 7.71. The second kappa shape index (κ2) is 7.40. The Morgan fingerprint density at radius 1 is 1.24 bits per heavy atom. The molecule has 0 saturated carbocycles. The van der Waals surface area contributed by atoms with Gasteiger partial charge in [0.15, 0.2) is 18.1 Å². The van der Waals surface area contributed by atoms with E-state index in [1.807, 2.05) is 0 Å². The van der Waals surface area contributed by atoms with Crippen molar-refractivity contribution in [3.05, 3.63) is 53.3 Å². The number of amides is 1. The third-order valence-electron chi connectivity index (χ3n) is 3.32. The molecule has 8 heteroatoms. The van der Waals surface area contributed by atoms with Gasteiger partial charge in [-0.1, -0.05) is 23.7 Å². The van der Waals surface area contributed by atoms with Crippen LogP contribution in [0.25, 0.3) is 0 Å². The fraction of sp³-hybridized carbons (Fsp3) is 0.176. The highest BCUT2D eigenvalue weighted by molar-refractivity contribution is 6.33. The van der Waals surface area contributed by atoms with Crippen LogP contribution in [0.3, 0.4) is 0 Å². The third kappa shape index (κ3) is 4.19. The lowest BCUT2D eigenvalue weighted by Gasteiger charge is -2.24. The van der Waals surface area contributed by atoms with E-state index in [0.717, 1.165) is 12.1 Å². The van der Waals surface area contributed by atoms with Crippen LogP contribution in [0.2, 0.25) is 5.02 Å². The number of esters is 1. The molecule has 1 aliphatic rings. The molecule has 0 aromatic heterocycles. The van der Waals surface area contributed by atoms with Crippen LogP contribution < -0.4 is 14.8 Å². The largest absolute Gasteiger partial charge is 0.485 e. The number of para-hydroxylation sites is 2. The number of anilines is 1. The molecule has 1 unspecified atom stereocenters. The summed E-state index contributed by atoms with van der Waals surface area (Å²) in [4.78, 5) is 23.8. The molecular weight excluding hydrogens is 353 g/mol. The molecule has 0 spiro atoms. The van der Waals surface area contributed by atoms with Crippen molar-refractivity contribution in [2.45, 2.75) is 6.10 Å². The Labute approximate surface area is 147 Å². The third-order valence-corrected chi connectivity index (χ3v) is 3.63. The standard InChI is InChI=1S/C17H13ClFNO5/c18-11-7-10(19)5-6-12(11)20-16(21)9-24-17(22)15-8-23-13-3-1-2-4-14(13)25-15/h1-7,15H,8-9H2,(H,20,21). The van der Waals surface area contributed by atoms with Gasteiger partial charge in [0.2, 0.25) is 6.10 Å². The van der Waals surface area contributed by atoms with Gasteiger partial charge < -0.3 is 19.5 Å². The van der Waals surface area contributed by atoms with Gasteiger partial charge in [0.05, 0.1) is 10.7 Å². The van der Waals surface area contributed by atoms with Crippen molar-refractivity contribution in [3.63, 3.8) is 0 Å². The van der Waals surface area contributed by atoms with Crippen LogP contribution in [0.5, 0.6) is 11.5 Å². The van der Waals surface area contributed by atoms with Crippen LogP contribution in [-0.4, -0.2) is 31.2 Å². The normalized spacial score (nSPS) is 15.4. The maximum atomic E-state index is 13.0. The van der Waals surface area contributed by atoms with Gasteiger partial charge in [-0.3, -0.25) is 4.79 Å². The number of carbonyl (C=O) groups excluding carboxylic acids is 2. The van der Waals surface area contributed by atoms with Crippen LogP contribution in [-0.2, 0) is 14.3 Å². The zero-order valence-electron chi connectivity index (χ0n) is 12.8. The second-order valence-corrected chi connectivity index (χ2v) is 5.55.